The van der Waals surface area contributed by atoms with Crippen molar-refractivity contribution in [3.05, 3.63) is 29.6 Å². The standard InChI is InChI=1S/C16H22N4O/c1-4-15-11-19(7-8-20(15)12(2)3)16(21)13-5-6-14(9-17)18-10-13/h5-6,10,12,15H,4,7-8,11H2,1-3H3. The van der Waals surface area contributed by atoms with Gasteiger partial charge < -0.3 is 4.90 Å². The van der Waals surface area contributed by atoms with Crippen molar-refractivity contribution in [3.8, 4) is 6.07 Å². The van der Waals surface area contributed by atoms with Gasteiger partial charge in [0, 0.05) is 37.9 Å². The molecule has 2 heterocycles. The summed E-state index contributed by atoms with van der Waals surface area (Å²) < 4.78 is 0. The highest BCUT2D eigenvalue weighted by atomic mass is 16.2. The largest absolute Gasteiger partial charge is 0.336 e. The van der Waals surface area contributed by atoms with E-state index in [-0.39, 0.29) is 5.91 Å². The van der Waals surface area contributed by atoms with E-state index in [1.165, 1.54) is 6.20 Å². The Labute approximate surface area is 126 Å². The normalized spacial score (nSPS) is 19.6. The van der Waals surface area contributed by atoms with Crippen molar-refractivity contribution in [2.24, 2.45) is 0 Å². The molecule has 0 saturated carbocycles. The van der Waals surface area contributed by atoms with E-state index in [4.69, 9.17) is 5.26 Å². The first-order chi connectivity index (χ1) is 10.1. The SMILES string of the molecule is CCC1CN(C(=O)c2ccc(C#N)nc2)CCN1C(C)C. The van der Waals surface area contributed by atoms with Crippen LogP contribution in [0, 0.1) is 11.3 Å². The molecule has 0 bridgehead atoms. The summed E-state index contributed by atoms with van der Waals surface area (Å²) in [5, 5.41) is 8.75. The quantitative estimate of drug-likeness (QED) is 0.851. The maximum absolute atomic E-state index is 12.5. The molecule has 1 aromatic rings. The van der Waals surface area contributed by atoms with Gasteiger partial charge in [0.15, 0.2) is 0 Å². The van der Waals surface area contributed by atoms with Gasteiger partial charge in [-0.1, -0.05) is 6.92 Å². The predicted octanol–water partition coefficient (Wildman–Crippen LogP) is 1.90. The number of amides is 1. The molecule has 112 valence electrons. The number of hydrogen-bond acceptors (Lipinski definition) is 4. The first kappa shape index (κ1) is 15.5. The van der Waals surface area contributed by atoms with Crippen LogP contribution in [-0.2, 0) is 0 Å². The lowest BCUT2D eigenvalue weighted by Crippen LogP contribution is -2.56. The predicted molar refractivity (Wildman–Crippen MR) is 80.8 cm³/mol. The van der Waals surface area contributed by atoms with E-state index in [1.54, 1.807) is 12.1 Å². The van der Waals surface area contributed by atoms with Gasteiger partial charge in [0.25, 0.3) is 5.91 Å². The second kappa shape index (κ2) is 6.68. The van der Waals surface area contributed by atoms with Crippen LogP contribution >= 0.6 is 0 Å². The van der Waals surface area contributed by atoms with Gasteiger partial charge in [0.1, 0.15) is 11.8 Å². The molecular weight excluding hydrogens is 264 g/mol. The zero-order chi connectivity index (χ0) is 15.4. The van der Waals surface area contributed by atoms with E-state index in [1.807, 2.05) is 11.0 Å². The first-order valence-corrected chi connectivity index (χ1v) is 7.48. The van der Waals surface area contributed by atoms with Crippen molar-refractivity contribution >= 4 is 5.91 Å². The third-order valence-corrected chi connectivity index (χ3v) is 4.08. The van der Waals surface area contributed by atoms with E-state index in [0.29, 0.717) is 23.3 Å². The average Bonchev–Trinajstić information content (AvgIpc) is 2.53. The van der Waals surface area contributed by atoms with Gasteiger partial charge in [-0.05, 0) is 32.4 Å². The first-order valence-electron chi connectivity index (χ1n) is 7.48. The third-order valence-electron chi connectivity index (χ3n) is 4.08. The summed E-state index contributed by atoms with van der Waals surface area (Å²) in [5.41, 5.74) is 0.893. The number of pyridine rings is 1. The zero-order valence-electron chi connectivity index (χ0n) is 12.9. The molecule has 5 heteroatoms. The molecule has 1 atom stereocenters. The molecule has 5 nitrogen and oxygen atoms in total. The molecule has 0 radical (unpaired) electrons. The Bertz CT molecular complexity index is 532. The molecule has 0 spiro atoms. The fraction of sp³-hybridized carbons (Fsp3) is 0.562. The Morgan fingerprint density at radius 2 is 2.24 bits per heavy atom. The highest BCUT2D eigenvalue weighted by Gasteiger charge is 2.30. The summed E-state index contributed by atoms with van der Waals surface area (Å²) in [6, 6.07) is 6.16. The van der Waals surface area contributed by atoms with Crippen molar-refractivity contribution in [2.75, 3.05) is 19.6 Å². The lowest BCUT2D eigenvalue weighted by molar-refractivity contribution is 0.0371. The minimum absolute atomic E-state index is 0.00819. The molecule has 21 heavy (non-hydrogen) atoms. The summed E-state index contributed by atoms with van der Waals surface area (Å²) >= 11 is 0. The molecule has 1 fully saturated rings. The highest BCUT2D eigenvalue weighted by molar-refractivity contribution is 5.94. The summed E-state index contributed by atoms with van der Waals surface area (Å²) in [7, 11) is 0. The van der Waals surface area contributed by atoms with E-state index in [2.05, 4.69) is 30.7 Å². The molecule has 0 aliphatic carbocycles. The molecule has 1 unspecified atom stereocenters. The monoisotopic (exact) mass is 286 g/mol. The van der Waals surface area contributed by atoms with Crippen molar-refractivity contribution in [1.29, 1.82) is 5.26 Å². The number of nitrogens with zero attached hydrogens (tertiary/aromatic N) is 4. The van der Waals surface area contributed by atoms with Gasteiger partial charge in [0.05, 0.1) is 5.56 Å². The number of hydrogen-bond donors (Lipinski definition) is 0. The van der Waals surface area contributed by atoms with Crippen molar-refractivity contribution in [1.82, 2.24) is 14.8 Å². The van der Waals surface area contributed by atoms with Gasteiger partial charge in [-0.2, -0.15) is 5.26 Å². The van der Waals surface area contributed by atoms with E-state index in [0.717, 1.165) is 26.1 Å². The third kappa shape index (κ3) is 3.40. The van der Waals surface area contributed by atoms with Crippen LogP contribution in [0.15, 0.2) is 18.3 Å². The Morgan fingerprint density at radius 1 is 1.48 bits per heavy atom. The molecular formula is C16H22N4O. The van der Waals surface area contributed by atoms with Crippen LogP contribution in [0.2, 0.25) is 0 Å². The van der Waals surface area contributed by atoms with Crippen LogP contribution in [0.1, 0.15) is 43.2 Å². The minimum Gasteiger partial charge on any atom is -0.336 e. The van der Waals surface area contributed by atoms with Crippen molar-refractivity contribution in [2.45, 2.75) is 39.3 Å². The fourth-order valence-corrected chi connectivity index (χ4v) is 2.87. The molecule has 0 aromatic carbocycles. The maximum Gasteiger partial charge on any atom is 0.255 e. The molecule has 1 amide bonds. The van der Waals surface area contributed by atoms with Crippen molar-refractivity contribution in [3.63, 3.8) is 0 Å². The molecule has 1 aliphatic rings. The van der Waals surface area contributed by atoms with Gasteiger partial charge in [-0.25, -0.2) is 4.98 Å². The topological polar surface area (TPSA) is 60.2 Å². The molecule has 1 saturated heterocycles. The second-order valence-electron chi connectivity index (χ2n) is 5.69. The Kier molecular flexibility index (Phi) is 4.92. The van der Waals surface area contributed by atoms with Crippen LogP contribution < -0.4 is 0 Å². The van der Waals surface area contributed by atoms with Gasteiger partial charge in [-0.15, -0.1) is 0 Å². The van der Waals surface area contributed by atoms with Crippen LogP contribution in [0.3, 0.4) is 0 Å². The highest BCUT2D eigenvalue weighted by Crippen LogP contribution is 2.17. The number of aromatic nitrogens is 1. The number of rotatable bonds is 3. The van der Waals surface area contributed by atoms with E-state index >= 15 is 0 Å². The number of carbonyl (C=O) groups excluding carboxylic acids is 1. The van der Waals surface area contributed by atoms with Gasteiger partial charge in [-0.3, -0.25) is 9.69 Å². The van der Waals surface area contributed by atoms with Crippen molar-refractivity contribution < 1.29 is 4.79 Å². The summed E-state index contributed by atoms with van der Waals surface area (Å²) in [6.07, 6.45) is 2.53. The Balaban J connectivity index is 2.08. The molecule has 1 aromatic heterocycles. The van der Waals surface area contributed by atoms with Crippen LogP contribution in [0.25, 0.3) is 0 Å². The zero-order valence-corrected chi connectivity index (χ0v) is 12.9. The van der Waals surface area contributed by atoms with Gasteiger partial charge >= 0.3 is 0 Å². The number of carbonyl (C=O) groups is 1. The van der Waals surface area contributed by atoms with E-state index in [9.17, 15) is 4.79 Å². The van der Waals surface area contributed by atoms with Crippen LogP contribution in [-0.4, -0.2) is 52.4 Å². The smallest absolute Gasteiger partial charge is 0.255 e. The molecule has 1 aliphatic heterocycles. The van der Waals surface area contributed by atoms with Gasteiger partial charge in [0.2, 0.25) is 0 Å². The number of piperazine rings is 1. The van der Waals surface area contributed by atoms with Crippen LogP contribution in [0.5, 0.6) is 0 Å². The average molecular weight is 286 g/mol. The van der Waals surface area contributed by atoms with E-state index < -0.39 is 0 Å². The molecule has 2 rings (SSSR count). The summed E-state index contributed by atoms with van der Waals surface area (Å²) in [6.45, 7) is 8.97. The lowest BCUT2D eigenvalue weighted by atomic mass is 10.1. The minimum atomic E-state index is 0.00819. The fourth-order valence-electron chi connectivity index (χ4n) is 2.87. The van der Waals surface area contributed by atoms with Crippen LogP contribution in [0.4, 0.5) is 0 Å². The maximum atomic E-state index is 12.5. The lowest BCUT2D eigenvalue weighted by Gasteiger charge is -2.43. The second-order valence-corrected chi connectivity index (χ2v) is 5.69. The summed E-state index contributed by atoms with van der Waals surface area (Å²) in [4.78, 5) is 20.9. The Hall–Kier alpha value is -1.93. The summed E-state index contributed by atoms with van der Waals surface area (Å²) in [5.74, 6) is 0.00819. The molecule has 0 N–H and O–H groups in total. The number of nitriles is 1. The Morgan fingerprint density at radius 3 is 2.76 bits per heavy atom.